The Hall–Kier alpha value is -1.09. The Bertz CT molecular complexity index is 577. The summed E-state index contributed by atoms with van der Waals surface area (Å²) < 4.78 is 0. The molecule has 6 unspecified atom stereocenters. The molecule has 1 rings (SSSR count). The summed E-state index contributed by atoms with van der Waals surface area (Å²) in [5, 5.41) is 19.4. The SMILES string of the molecule is CC(=CCCC(C)CCCC(C)CCC1=CCC(C)C(C)C1O)CCCC(C)C(=O)O. The van der Waals surface area contributed by atoms with Crippen LogP contribution in [0, 0.1) is 29.6 Å². The minimum Gasteiger partial charge on any atom is -0.481 e. The minimum atomic E-state index is -0.683. The van der Waals surface area contributed by atoms with Gasteiger partial charge in [0.05, 0.1) is 12.0 Å². The molecule has 0 heterocycles. The second-order valence-corrected chi connectivity index (χ2v) is 10.7. The highest BCUT2D eigenvalue weighted by atomic mass is 16.4. The lowest BCUT2D eigenvalue weighted by Crippen LogP contribution is -2.29. The van der Waals surface area contributed by atoms with Gasteiger partial charge in [0, 0.05) is 0 Å². The Kier molecular flexibility index (Phi) is 13.4. The van der Waals surface area contributed by atoms with Crippen LogP contribution < -0.4 is 0 Å². The van der Waals surface area contributed by atoms with Gasteiger partial charge in [-0.2, -0.15) is 0 Å². The first-order valence-corrected chi connectivity index (χ1v) is 12.9. The average molecular weight is 435 g/mol. The molecule has 180 valence electrons. The Morgan fingerprint density at radius 1 is 1.06 bits per heavy atom. The van der Waals surface area contributed by atoms with Gasteiger partial charge in [-0.3, -0.25) is 4.79 Å². The molecule has 0 radical (unpaired) electrons. The zero-order chi connectivity index (χ0) is 23.4. The van der Waals surface area contributed by atoms with E-state index < -0.39 is 5.97 Å². The number of hydrogen-bond donors (Lipinski definition) is 2. The maximum atomic E-state index is 10.9. The van der Waals surface area contributed by atoms with E-state index in [1.54, 1.807) is 6.92 Å². The third-order valence-corrected chi connectivity index (χ3v) is 7.63. The molecule has 0 aliphatic heterocycles. The lowest BCUT2D eigenvalue weighted by molar-refractivity contribution is -0.141. The van der Waals surface area contributed by atoms with E-state index in [0.717, 1.165) is 50.4 Å². The molecule has 6 atom stereocenters. The van der Waals surface area contributed by atoms with Crippen LogP contribution in [0.25, 0.3) is 0 Å². The molecule has 0 saturated carbocycles. The van der Waals surface area contributed by atoms with E-state index in [9.17, 15) is 9.90 Å². The molecule has 3 nitrogen and oxygen atoms in total. The van der Waals surface area contributed by atoms with E-state index in [2.05, 4.69) is 46.8 Å². The van der Waals surface area contributed by atoms with Crippen molar-refractivity contribution < 1.29 is 15.0 Å². The summed E-state index contributed by atoms with van der Waals surface area (Å²) in [5.41, 5.74) is 2.69. The van der Waals surface area contributed by atoms with Crippen LogP contribution in [-0.2, 0) is 4.79 Å². The quantitative estimate of drug-likeness (QED) is 0.259. The van der Waals surface area contributed by atoms with Gasteiger partial charge >= 0.3 is 5.97 Å². The van der Waals surface area contributed by atoms with Crippen molar-refractivity contribution in [2.24, 2.45) is 29.6 Å². The molecule has 0 amide bonds. The molecular weight excluding hydrogens is 384 g/mol. The van der Waals surface area contributed by atoms with Crippen LogP contribution in [0.1, 0.15) is 112 Å². The van der Waals surface area contributed by atoms with E-state index in [-0.39, 0.29) is 12.0 Å². The van der Waals surface area contributed by atoms with Crippen LogP contribution in [0.2, 0.25) is 0 Å². The lowest BCUT2D eigenvalue weighted by atomic mass is 9.78. The minimum absolute atomic E-state index is 0.229. The number of carboxylic acids is 1. The summed E-state index contributed by atoms with van der Waals surface area (Å²) in [6, 6.07) is 0. The van der Waals surface area contributed by atoms with Gasteiger partial charge in [0.2, 0.25) is 0 Å². The normalized spacial score (nSPS) is 25.1. The number of carbonyl (C=O) groups is 1. The molecule has 0 aromatic rings. The largest absolute Gasteiger partial charge is 0.481 e. The third-order valence-electron chi connectivity index (χ3n) is 7.63. The van der Waals surface area contributed by atoms with Crippen LogP contribution >= 0.6 is 0 Å². The molecule has 0 bridgehead atoms. The fourth-order valence-corrected chi connectivity index (χ4v) is 4.61. The third kappa shape index (κ3) is 11.4. The first kappa shape index (κ1) is 27.9. The highest BCUT2D eigenvalue weighted by Crippen LogP contribution is 2.32. The van der Waals surface area contributed by atoms with Crippen molar-refractivity contribution in [2.45, 2.75) is 118 Å². The van der Waals surface area contributed by atoms with Gasteiger partial charge in [-0.1, -0.05) is 71.6 Å². The number of carboxylic acid groups (broad SMARTS) is 1. The number of aliphatic carboxylic acids is 1. The van der Waals surface area contributed by atoms with E-state index in [4.69, 9.17) is 5.11 Å². The van der Waals surface area contributed by atoms with Crippen molar-refractivity contribution in [3.63, 3.8) is 0 Å². The molecule has 31 heavy (non-hydrogen) atoms. The highest BCUT2D eigenvalue weighted by molar-refractivity contribution is 5.69. The molecule has 1 aliphatic carbocycles. The highest BCUT2D eigenvalue weighted by Gasteiger charge is 2.27. The van der Waals surface area contributed by atoms with Crippen molar-refractivity contribution in [1.82, 2.24) is 0 Å². The summed E-state index contributed by atoms with van der Waals surface area (Å²) in [6.07, 6.45) is 16.8. The molecule has 0 spiro atoms. The van der Waals surface area contributed by atoms with Crippen molar-refractivity contribution in [3.8, 4) is 0 Å². The van der Waals surface area contributed by atoms with Gasteiger partial charge < -0.3 is 10.2 Å². The molecule has 0 aromatic heterocycles. The number of hydrogen-bond acceptors (Lipinski definition) is 2. The van der Waals surface area contributed by atoms with Crippen LogP contribution in [0.15, 0.2) is 23.3 Å². The Balaban J connectivity index is 2.14. The van der Waals surface area contributed by atoms with E-state index >= 15 is 0 Å². The number of allylic oxidation sites excluding steroid dienone is 3. The zero-order valence-electron chi connectivity index (χ0n) is 21.2. The smallest absolute Gasteiger partial charge is 0.306 e. The predicted molar refractivity (Wildman–Crippen MR) is 132 cm³/mol. The van der Waals surface area contributed by atoms with Gasteiger partial charge in [0.1, 0.15) is 0 Å². The van der Waals surface area contributed by atoms with Crippen molar-refractivity contribution >= 4 is 5.97 Å². The summed E-state index contributed by atoms with van der Waals surface area (Å²) in [6.45, 7) is 13.1. The summed E-state index contributed by atoms with van der Waals surface area (Å²) >= 11 is 0. The van der Waals surface area contributed by atoms with Crippen LogP contribution in [0.5, 0.6) is 0 Å². The average Bonchev–Trinajstić information content (AvgIpc) is 2.71. The van der Waals surface area contributed by atoms with Gasteiger partial charge in [0.25, 0.3) is 0 Å². The molecule has 2 N–H and O–H groups in total. The van der Waals surface area contributed by atoms with Gasteiger partial charge in [-0.25, -0.2) is 0 Å². The predicted octanol–water partition coefficient (Wildman–Crippen LogP) is 7.79. The Morgan fingerprint density at radius 3 is 2.35 bits per heavy atom. The first-order chi connectivity index (χ1) is 14.6. The van der Waals surface area contributed by atoms with Crippen molar-refractivity contribution in [3.05, 3.63) is 23.3 Å². The van der Waals surface area contributed by atoms with Crippen LogP contribution in [0.3, 0.4) is 0 Å². The van der Waals surface area contributed by atoms with Crippen molar-refractivity contribution in [2.75, 3.05) is 0 Å². The number of aliphatic hydroxyl groups is 1. The summed E-state index contributed by atoms with van der Waals surface area (Å²) in [4.78, 5) is 10.9. The van der Waals surface area contributed by atoms with E-state index in [0.29, 0.717) is 11.8 Å². The number of aliphatic hydroxyl groups excluding tert-OH is 1. The van der Waals surface area contributed by atoms with E-state index in [1.807, 2.05) is 0 Å². The monoisotopic (exact) mass is 434 g/mol. The Morgan fingerprint density at radius 2 is 1.71 bits per heavy atom. The fourth-order valence-electron chi connectivity index (χ4n) is 4.61. The summed E-state index contributed by atoms with van der Waals surface area (Å²) in [5.74, 6) is 1.56. The first-order valence-electron chi connectivity index (χ1n) is 12.9. The maximum Gasteiger partial charge on any atom is 0.306 e. The van der Waals surface area contributed by atoms with Gasteiger partial charge in [-0.05, 0) is 87.5 Å². The standard InChI is InChI=1S/C28H50O3/c1-20(10-7-11-21(2)14-9-15-24(5)28(30)31)12-8-13-22(3)16-18-26-19-17-23(4)25(6)27(26)29/h11,19-20,22-25,27,29H,7-10,12-18H2,1-6H3,(H,30,31). The fraction of sp³-hybridized carbons (Fsp3) is 0.821. The molecule has 0 fully saturated rings. The number of rotatable bonds is 15. The van der Waals surface area contributed by atoms with Gasteiger partial charge in [-0.15, -0.1) is 0 Å². The van der Waals surface area contributed by atoms with Crippen LogP contribution in [0.4, 0.5) is 0 Å². The van der Waals surface area contributed by atoms with Crippen LogP contribution in [-0.4, -0.2) is 22.3 Å². The van der Waals surface area contributed by atoms with E-state index in [1.165, 1.54) is 43.3 Å². The van der Waals surface area contributed by atoms with Crippen molar-refractivity contribution in [1.29, 1.82) is 0 Å². The zero-order valence-corrected chi connectivity index (χ0v) is 21.2. The molecular formula is C28H50O3. The second kappa shape index (κ2) is 14.9. The molecule has 3 heteroatoms. The Labute approximate surface area is 192 Å². The maximum absolute atomic E-state index is 10.9. The molecule has 1 aliphatic rings. The summed E-state index contributed by atoms with van der Waals surface area (Å²) in [7, 11) is 0. The molecule has 0 aromatic carbocycles. The topological polar surface area (TPSA) is 57.5 Å². The lowest BCUT2D eigenvalue weighted by Gasteiger charge is -2.31. The van der Waals surface area contributed by atoms with Gasteiger partial charge in [0.15, 0.2) is 0 Å². The second-order valence-electron chi connectivity index (χ2n) is 10.7. The molecule has 0 saturated heterocycles.